The van der Waals surface area contributed by atoms with Crippen molar-refractivity contribution in [3.8, 4) is 0 Å². The van der Waals surface area contributed by atoms with E-state index in [-0.39, 0.29) is 0 Å². The molecule has 0 unspecified atom stereocenters. The van der Waals surface area contributed by atoms with E-state index in [1.165, 1.54) is 0 Å². The van der Waals surface area contributed by atoms with Gasteiger partial charge >= 0.3 is 0 Å². The maximum atomic E-state index is 5.08. The zero-order chi connectivity index (χ0) is 9.40. The molecule has 0 heterocycles. The van der Waals surface area contributed by atoms with Crippen LogP contribution in [0.25, 0.3) is 0 Å². The highest BCUT2D eigenvalue weighted by Gasteiger charge is 1.97. The van der Waals surface area contributed by atoms with E-state index in [0.29, 0.717) is 6.61 Å². The minimum absolute atomic E-state index is 0.687. The second-order valence-corrected chi connectivity index (χ2v) is 2.90. The van der Waals surface area contributed by atoms with E-state index in [2.05, 4.69) is 23.9 Å². The Kier molecular flexibility index (Phi) is 6.76. The van der Waals surface area contributed by atoms with Gasteiger partial charge in [-0.1, -0.05) is 19.0 Å². The summed E-state index contributed by atoms with van der Waals surface area (Å²) in [5.74, 6) is 0. The third kappa shape index (κ3) is 6.16. The van der Waals surface area contributed by atoms with Crippen molar-refractivity contribution >= 4 is 5.71 Å². The Morgan fingerprint density at radius 1 is 1.25 bits per heavy atom. The van der Waals surface area contributed by atoms with Crippen molar-refractivity contribution in [1.29, 1.82) is 0 Å². The molecule has 0 fully saturated rings. The van der Waals surface area contributed by atoms with Crippen molar-refractivity contribution in [1.82, 2.24) is 4.90 Å². The molecule has 0 spiro atoms. The van der Waals surface area contributed by atoms with Crippen LogP contribution in [0.2, 0.25) is 0 Å². The summed E-state index contributed by atoms with van der Waals surface area (Å²) in [6.45, 7) is 12.0. The molecule has 0 aromatic heterocycles. The van der Waals surface area contributed by atoms with Crippen LogP contribution in [0.4, 0.5) is 0 Å². The quantitative estimate of drug-likeness (QED) is 0.346. The van der Waals surface area contributed by atoms with E-state index in [9.17, 15) is 0 Å². The van der Waals surface area contributed by atoms with Gasteiger partial charge in [-0.25, -0.2) is 0 Å². The average Bonchev–Trinajstić information content (AvgIpc) is 2.04. The van der Waals surface area contributed by atoms with E-state index in [4.69, 9.17) is 4.84 Å². The SMILES string of the molecule is CCN(CC)CCON=C(C)C. The number of nitrogens with zero attached hydrogens (tertiary/aromatic N) is 2. The van der Waals surface area contributed by atoms with Crippen molar-refractivity contribution in [3.63, 3.8) is 0 Å². The van der Waals surface area contributed by atoms with Crippen LogP contribution in [-0.2, 0) is 4.84 Å². The van der Waals surface area contributed by atoms with Crippen LogP contribution in [0.15, 0.2) is 5.16 Å². The normalized spacial score (nSPS) is 10.1. The Bertz CT molecular complexity index is 126. The van der Waals surface area contributed by atoms with Crippen LogP contribution in [0.5, 0.6) is 0 Å². The third-order valence-electron chi connectivity index (χ3n) is 1.64. The predicted octanol–water partition coefficient (Wildman–Crippen LogP) is 1.74. The van der Waals surface area contributed by atoms with Gasteiger partial charge in [0.2, 0.25) is 0 Å². The summed E-state index contributed by atoms with van der Waals surface area (Å²) in [5.41, 5.74) is 0.967. The second kappa shape index (κ2) is 7.10. The third-order valence-corrected chi connectivity index (χ3v) is 1.64. The molecule has 12 heavy (non-hydrogen) atoms. The Morgan fingerprint density at radius 3 is 2.25 bits per heavy atom. The van der Waals surface area contributed by atoms with Gasteiger partial charge in [-0.15, -0.1) is 0 Å². The van der Waals surface area contributed by atoms with Crippen LogP contribution in [-0.4, -0.2) is 36.9 Å². The van der Waals surface area contributed by atoms with Crippen LogP contribution < -0.4 is 0 Å². The highest BCUT2D eigenvalue weighted by atomic mass is 16.6. The first kappa shape index (κ1) is 11.4. The number of oxime groups is 1. The van der Waals surface area contributed by atoms with Gasteiger partial charge in [0.25, 0.3) is 0 Å². The van der Waals surface area contributed by atoms with Crippen molar-refractivity contribution < 1.29 is 4.84 Å². The van der Waals surface area contributed by atoms with Gasteiger partial charge in [-0.2, -0.15) is 0 Å². The highest BCUT2D eigenvalue weighted by Crippen LogP contribution is 1.87. The van der Waals surface area contributed by atoms with Gasteiger partial charge in [0.05, 0.1) is 5.71 Å². The van der Waals surface area contributed by atoms with Crippen molar-refractivity contribution in [2.45, 2.75) is 27.7 Å². The molecule has 0 aliphatic carbocycles. The molecule has 0 N–H and O–H groups in total. The molecule has 0 atom stereocenters. The molecule has 72 valence electrons. The Morgan fingerprint density at radius 2 is 1.83 bits per heavy atom. The maximum Gasteiger partial charge on any atom is 0.129 e. The van der Waals surface area contributed by atoms with E-state index < -0.39 is 0 Å². The van der Waals surface area contributed by atoms with Gasteiger partial charge in [0.15, 0.2) is 0 Å². The number of likely N-dealkylation sites (N-methyl/N-ethyl adjacent to an activating group) is 1. The zero-order valence-electron chi connectivity index (χ0n) is 8.63. The Hall–Kier alpha value is -0.570. The molecule has 0 aliphatic heterocycles. The fourth-order valence-electron chi connectivity index (χ4n) is 0.885. The molecule has 0 rings (SSSR count). The lowest BCUT2D eigenvalue weighted by Gasteiger charge is -2.16. The second-order valence-electron chi connectivity index (χ2n) is 2.90. The van der Waals surface area contributed by atoms with Gasteiger partial charge in [0, 0.05) is 6.54 Å². The first-order chi connectivity index (χ1) is 5.70. The first-order valence-corrected chi connectivity index (χ1v) is 4.56. The summed E-state index contributed by atoms with van der Waals surface area (Å²) in [6, 6.07) is 0. The first-order valence-electron chi connectivity index (χ1n) is 4.56. The minimum Gasteiger partial charge on any atom is -0.395 e. The molecule has 0 amide bonds. The largest absolute Gasteiger partial charge is 0.395 e. The summed E-state index contributed by atoms with van der Waals surface area (Å²) >= 11 is 0. The molecule has 0 saturated carbocycles. The van der Waals surface area contributed by atoms with E-state index in [0.717, 1.165) is 25.3 Å². The highest BCUT2D eigenvalue weighted by molar-refractivity contribution is 5.78. The average molecular weight is 172 g/mol. The topological polar surface area (TPSA) is 24.8 Å². The Labute approximate surface area is 75.4 Å². The minimum atomic E-state index is 0.687. The molecule has 3 nitrogen and oxygen atoms in total. The molecular formula is C9H20N2O. The molecule has 0 aromatic rings. The summed E-state index contributed by atoms with van der Waals surface area (Å²) in [6.07, 6.45) is 0. The van der Waals surface area contributed by atoms with Crippen LogP contribution in [0.1, 0.15) is 27.7 Å². The summed E-state index contributed by atoms with van der Waals surface area (Å²) < 4.78 is 0. The summed E-state index contributed by atoms with van der Waals surface area (Å²) in [4.78, 5) is 7.38. The number of hydrogen-bond acceptors (Lipinski definition) is 3. The fraction of sp³-hybridized carbons (Fsp3) is 0.889. The van der Waals surface area contributed by atoms with E-state index in [1.54, 1.807) is 0 Å². The van der Waals surface area contributed by atoms with Crippen LogP contribution >= 0.6 is 0 Å². The fourth-order valence-corrected chi connectivity index (χ4v) is 0.885. The standard InChI is InChI=1S/C9H20N2O/c1-5-11(6-2)7-8-12-10-9(3)4/h5-8H2,1-4H3. The van der Waals surface area contributed by atoms with Gasteiger partial charge in [0.1, 0.15) is 6.61 Å². The lowest BCUT2D eigenvalue weighted by atomic mass is 10.5. The molecule has 0 saturated heterocycles. The number of hydrogen-bond donors (Lipinski definition) is 0. The number of rotatable bonds is 6. The molecule has 0 bridgehead atoms. The molecular weight excluding hydrogens is 152 g/mol. The predicted molar refractivity (Wildman–Crippen MR) is 52.5 cm³/mol. The maximum absolute atomic E-state index is 5.08. The zero-order valence-corrected chi connectivity index (χ0v) is 8.63. The molecule has 3 heteroatoms. The smallest absolute Gasteiger partial charge is 0.129 e. The van der Waals surface area contributed by atoms with Crippen molar-refractivity contribution in [2.75, 3.05) is 26.2 Å². The van der Waals surface area contributed by atoms with Crippen LogP contribution in [0.3, 0.4) is 0 Å². The van der Waals surface area contributed by atoms with Gasteiger partial charge in [-0.05, 0) is 26.9 Å². The summed E-state index contributed by atoms with van der Waals surface area (Å²) in [5, 5.41) is 3.86. The monoisotopic (exact) mass is 172 g/mol. The van der Waals surface area contributed by atoms with E-state index in [1.807, 2.05) is 13.8 Å². The Balaban J connectivity index is 3.35. The van der Waals surface area contributed by atoms with Crippen molar-refractivity contribution in [2.24, 2.45) is 5.16 Å². The van der Waals surface area contributed by atoms with E-state index >= 15 is 0 Å². The molecule has 0 aliphatic rings. The summed E-state index contributed by atoms with van der Waals surface area (Å²) in [7, 11) is 0. The molecule has 0 radical (unpaired) electrons. The molecule has 0 aromatic carbocycles. The van der Waals surface area contributed by atoms with Crippen LogP contribution in [0, 0.1) is 0 Å². The van der Waals surface area contributed by atoms with Gasteiger partial charge < -0.3 is 9.74 Å². The van der Waals surface area contributed by atoms with Crippen molar-refractivity contribution in [3.05, 3.63) is 0 Å². The lowest BCUT2D eigenvalue weighted by molar-refractivity contribution is 0.114. The lowest BCUT2D eigenvalue weighted by Crippen LogP contribution is -2.26. The van der Waals surface area contributed by atoms with Gasteiger partial charge in [-0.3, -0.25) is 0 Å².